The van der Waals surface area contributed by atoms with E-state index < -0.39 is 5.91 Å². The van der Waals surface area contributed by atoms with Crippen LogP contribution in [-0.2, 0) is 7.05 Å². The van der Waals surface area contributed by atoms with Gasteiger partial charge in [-0.3, -0.25) is 19.1 Å². The van der Waals surface area contributed by atoms with E-state index in [9.17, 15) is 14.4 Å². The molecule has 0 bridgehead atoms. The predicted molar refractivity (Wildman–Crippen MR) is 102 cm³/mol. The van der Waals surface area contributed by atoms with Crippen molar-refractivity contribution in [3.05, 3.63) is 77.5 Å². The SMILES string of the molecule is CC(=O)c1cccc(NC(=O)c2cc(NC(=O)c3ccccc3)n(C)n2)c1. The number of amides is 2. The molecule has 3 aromatic rings. The Kier molecular flexibility index (Phi) is 5.12. The molecule has 2 amide bonds. The van der Waals surface area contributed by atoms with Crippen molar-refractivity contribution in [3.63, 3.8) is 0 Å². The van der Waals surface area contributed by atoms with Crippen molar-refractivity contribution >= 4 is 29.1 Å². The molecule has 7 heteroatoms. The molecule has 136 valence electrons. The summed E-state index contributed by atoms with van der Waals surface area (Å²) in [5.41, 5.74) is 1.65. The number of aryl methyl sites for hydroxylation is 1. The maximum Gasteiger partial charge on any atom is 0.276 e. The van der Waals surface area contributed by atoms with Gasteiger partial charge in [0.15, 0.2) is 11.5 Å². The van der Waals surface area contributed by atoms with Gasteiger partial charge >= 0.3 is 0 Å². The average Bonchev–Trinajstić information content (AvgIpc) is 3.03. The number of hydrogen-bond donors (Lipinski definition) is 2. The van der Waals surface area contributed by atoms with Crippen LogP contribution in [0.5, 0.6) is 0 Å². The van der Waals surface area contributed by atoms with E-state index in [0.29, 0.717) is 22.6 Å². The second-order valence-electron chi connectivity index (χ2n) is 5.95. The lowest BCUT2D eigenvalue weighted by Crippen LogP contribution is -2.14. The standard InChI is InChI=1S/C20H18N4O3/c1-13(25)15-9-6-10-16(11-15)21-20(27)17-12-18(24(2)23-17)22-19(26)14-7-4-3-5-8-14/h3-12H,1-2H3,(H,21,27)(H,22,26). The molecule has 1 aromatic heterocycles. The minimum atomic E-state index is -0.438. The molecule has 0 fully saturated rings. The summed E-state index contributed by atoms with van der Waals surface area (Å²) in [6, 6.07) is 16.9. The van der Waals surface area contributed by atoms with Gasteiger partial charge in [-0.15, -0.1) is 0 Å². The van der Waals surface area contributed by atoms with Crippen molar-refractivity contribution in [1.29, 1.82) is 0 Å². The number of ketones is 1. The van der Waals surface area contributed by atoms with E-state index in [1.54, 1.807) is 55.6 Å². The van der Waals surface area contributed by atoms with Crippen molar-refractivity contribution in [2.75, 3.05) is 10.6 Å². The molecule has 0 aliphatic heterocycles. The molecule has 3 rings (SSSR count). The highest BCUT2D eigenvalue weighted by atomic mass is 16.2. The summed E-state index contributed by atoms with van der Waals surface area (Å²) < 4.78 is 1.42. The second kappa shape index (κ2) is 7.65. The highest BCUT2D eigenvalue weighted by Crippen LogP contribution is 2.15. The Labute approximate surface area is 156 Å². The van der Waals surface area contributed by atoms with Gasteiger partial charge in [0.1, 0.15) is 5.82 Å². The normalized spacial score (nSPS) is 10.3. The number of benzene rings is 2. The summed E-state index contributed by atoms with van der Waals surface area (Å²) in [5, 5.41) is 9.56. The van der Waals surface area contributed by atoms with E-state index in [1.165, 1.54) is 17.7 Å². The molecule has 0 atom stereocenters. The van der Waals surface area contributed by atoms with Gasteiger partial charge in [-0.2, -0.15) is 5.10 Å². The number of Topliss-reactive ketones (excluding diaryl/α,β-unsaturated/α-hetero) is 1. The fourth-order valence-electron chi connectivity index (χ4n) is 2.48. The number of rotatable bonds is 5. The molecule has 0 spiro atoms. The van der Waals surface area contributed by atoms with E-state index in [-0.39, 0.29) is 17.4 Å². The maximum atomic E-state index is 12.4. The first-order valence-electron chi connectivity index (χ1n) is 8.27. The van der Waals surface area contributed by atoms with E-state index in [1.807, 2.05) is 6.07 Å². The third-order valence-electron chi connectivity index (χ3n) is 3.92. The van der Waals surface area contributed by atoms with Crippen LogP contribution in [0.1, 0.15) is 38.1 Å². The number of aromatic nitrogens is 2. The maximum absolute atomic E-state index is 12.4. The van der Waals surface area contributed by atoms with Gasteiger partial charge in [0.2, 0.25) is 0 Å². The fraction of sp³-hybridized carbons (Fsp3) is 0.100. The molecule has 2 N–H and O–H groups in total. The Bertz CT molecular complexity index is 1010. The van der Waals surface area contributed by atoms with Crippen LogP contribution < -0.4 is 10.6 Å². The van der Waals surface area contributed by atoms with Crippen molar-refractivity contribution in [3.8, 4) is 0 Å². The van der Waals surface area contributed by atoms with E-state index in [4.69, 9.17) is 0 Å². The molecule has 2 aromatic carbocycles. The lowest BCUT2D eigenvalue weighted by molar-refractivity contribution is 0.100. The molecular weight excluding hydrogens is 344 g/mol. The van der Waals surface area contributed by atoms with Gasteiger partial charge in [-0.25, -0.2) is 0 Å². The van der Waals surface area contributed by atoms with Crippen LogP contribution in [0.4, 0.5) is 11.5 Å². The molecule has 0 aliphatic rings. The van der Waals surface area contributed by atoms with Gasteiger partial charge in [0.25, 0.3) is 11.8 Å². The van der Waals surface area contributed by atoms with Crippen LogP contribution in [0, 0.1) is 0 Å². The number of hydrogen-bond acceptors (Lipinski definition) is 4. The molecule has 0 radical (unpaired) electrons. The lowest BCUT2D eigenvalue weighted by atomic mass is 10.1. The highest BCUT2D eigenvalue weighted by Gasteiger charge is 2.15. The quantitative estimate of drug-likeness (QED) is 0.682. The van der Waals surface area contributed by atoms with Gasteiger partial charge in [-0.05, 0) is 31.2 Å². The van der Waals surface area contributed by atoms with Crippen LogP contribution in [0.3, 0.4) is 0 Å². The van der Waals surface area contributed by atoms with E-state index >= 15 is 0 Å². The topological polar surface area (TPSA) is 93.1 Å². The summed E-state index contributed by atoms with van der Waals surface area (Å²) in [6.07, 6.45) is 0. The number of carbonyl (C=O) groups is 3. The largest absolute Gasteiger partial charge is 0.321 e. The Morgan fingerprint density at radius 2 is 1.56 bits per heavy atom. The molecule has 0 saturated carbocycles. The third kappa shape index (κ3) is 4.27. The van der Waals surface area contributed by atoms with Gasteiger partial charge in [0.05, 0.1) is 0 Å². The minimum absolute atomic E-state index is 0.0881. The van der Waals surface area contributed by atoms with Crippen LogP contribution in [0.15, 0.2) is 60.7 Å². The first-order valence-corrected chi connectivity index (χ1v) is 8.27. The molecule has 0 aliphatic carbocycles. The Hall–Kier alpha value is -3.74. The number of anilines is 2. The first-order chi connectivity index (χ1) is 12.9. The van der Waals surface area contributed by atoms with Crippen LogP contribution in [0.2, 0.25) is 0 Å². The highest BCUT2D eigenvalue weighted by molar-refractivity contribution is 6.06. The van der Waals surface area contributed by atoms with E-state index in [2.05, 4.69) is 15.7 Å². The van der Waals surface area contributed by atoms with Crippen LogP contribution >= 0.6 is 0 Å². The minimum Gasteiger partial charge on any atom is -0.321 e. The van der Waals surface area contributed by atoms with Crippen LogP contribution in [0.25, 0.3) is 0 Å². The zero-order chi connectivity index (χ0) is 19.4. The van der Waals surface area contributed by atoms with Crippen molar-refractivity contribution in [2.24, 2.45) is 7.05 Å². The molecule has 0 unspecified atom stereocenters. The predicted octanol–water partition coefficient (Wildman–Crippen LogP) is 3.13. The third-order valence-corrected chi connectivity index (χ3v) is 3.92. The van der Waals surface area contributed by atoms with Gasteiger partial charge < -0.3 is 10.6 Å². The second-order valence-corrected chi connectivity index (χ2v) is 5.95. The van der Waals surface area contributed by atoms with Crippen molar-refractivity contribution < 1.29 is 14.4 Å². The van der Waals surface area contributed by atoms with Crippen molar-refractivity contribution in [1.82, 2.24) is 9.78 Å². The van der Waals surface area contributed by atoms with Crippen LogP contribution in [-0.4, -0.2) is 27.4 Å². The van der Waals surface area contributed by atoms with E-state index in [0.717, 1.165) is 0 Å². The van der Waals surface area contributed by atoms with Gasteiger partial charge in [0, 0.05) is 29.9 Å². The molecule has 0 saturated heterocycles. The molecule has 27 heavy (non-hydrogen) atoms. The lowest BCUT2D eigenvalue weighted by Gasteiger charge is -2.04. The number of carbonyl (C=O) groups excluding carboxylic acids is 3. The first kappa shape index (κ1) is 18.1. The average molecular weight is 362 g/mol. The summed E-state index contributed by atoms with van der Waals surface area (Å²) in [5.74, 6) is -0.424. The van der Waals surface area contributed by atoms with Gasteiger partial charge in [-0.1, -0.05) is 30.3 Å². The summed E-state index contributed by atoms with van der Waals surface area (Å²) >= 11 is 0. The zero-order valence-electron chi connectivity index (χ0n) is 14.9. The monoisotopic (exact) mass is 362 g/mol. The smallest absolute Gasteiger partial charge is 0.276 e. The molecular formula is C20H18N4O3. The summed E-state index contributed by atoms with van der Waals surface area (Å²) in [7, 11) is 1.63. The fourth-order valence-corrected chi connectivity index (χ4v) is 2.48. The Balaban J connectivity index is 1.74. The summed E-state index contributed by atoms with van der Waals surface area (Å²) in [4.78, 5) is 36.1. The van der Waals surface area contributed by atoms with Crippen molar-refractivity contribution in [2.45, 2.75) is 6.92 Å². The number of nitrogens with one attached hydrogen (secondary N) is 2. The Morgan fingerprint density at radius 1 is 0.852 bits per heavy atom. The number of nitrogens with zero attached hydrogens (tertiary/aromatic N) is 2. The molecule has 1 heterocycles. The Morgan fingerprint density at radius 3 is 2.26 bits per heavy atom. The summed E-state index contributed by atoms with van der Waals surface area (Å²) in [6.45, 7) is 1.46. The zero-order valence-corrected chi connectivity index (χ0v) is 14.9. The molecule has 7 nitrogen and oxygen atoms in total.